The zero-order valence-electron chi connectivity index (χ0n) is 12.0. The number of nitrogens with zero attached hydrogens (tertiary/aromatic N) is 3. The van der Waals surface area contributed by atoms with E-state index in [2.05, 4.69) is 10.4 Å². The van der Waals surface area contributed by atoms with Gasteiger partial charge in [-0.1, -0.05) is 6.92 Å². The third-order valence-corrected chi connectivity index (χ3v) is 3.57. The SMILES string of the molecule is CCc1nn(C)c(C(=O)NCC(=O)N2CCCC2)c1N. The predicted octanol–water partition coefficient (Wildman–Crippen LogP) is -0.0831. The van der Waals surface area contributed by atoms with Crippen molar-refractivity contribution in [3.63, 3.8) is 0 Å². The molecule has 7 heteroatoms. The summed E-state index contributed by atoms with van der Waals surface area (Å²) >= 11 is 0. The van der Waals surface area contributed by atoms with Gasteiger partial charge in [-0.2, -0.15) is 5.10 Å². The zero-order chi connectivity index (χ0) is 14.7. The van der Waals surface area contributed by atoms with Gasteiger partial charge in [-0.05, 0) is 19.3 Å². The van der Waals surface area contributed by atoms with Crippen molar-refractivity contribution in [3.05, 3.63) is 11.4 Å². The minimum atomic E-state index is -0.357. The molecule has 2 rings (SSSR count). The van der Waals surface area contributed by atoms with Gasteiger partial charge < -0.3 is 16.0 Å². The number of amides is 2. The molecule has 1 aliphatic rings. The van der Waals surface area contributed by atoms with Crippen molar-refractivity contribution in [2.75, 3.05) is 25.4 Å². The molecule has 7 nitrogen and oxygen atoms in total. The first-order valence-corrected chi connectivity index (χ1v) is 6.92. The molecule has 0 atom stereocenters. The largest absolute Gasteiger partial charge is 0.395 e. The maximum Gasteiger partial charge on any atom is 0.272 e. The van der Waals surface area contributed by atoms with Gasteiger partial charge in [0.05, 0.1) is 17.9 Å². The summed E-state index contributed by atoms with van der Waals surface area (Å²) in [6, 6.07) is 0. The molecule has 1 saturated heterocycles. The quantitative estimate of drug-likeness (QED) is 0.806. The van der Waals surface area contributed by atoms with Crippen molar-refractivity contribution >= 4 is 17.5 Å². The van der Waals surface area contributed by atoms with E-state index < -0.39 is 0 Å². The number of nitrogens with one attached hydrogen (secondary N) is 1. The number of nitrogen functional groups attached to an aromatic ring is 1. The number of rotatable bonds is 4. The maximum atomic E-state index is 12.1. The molecule has 1 fully saturated rings. The van der Waals surface area contributed by atoms with Crippen molar-refractivity contribution in [2.45, 2.75) is 26.2 Å². The monoisotopic (exact) mass is 279 g/mol. The van der Waals surface area contributed by atoms with Crippen LogP contribution in [0.2, 0.25) is 0 Å². The first kappa shape index (κ1) is 14.4. The fourth-order valence-electron chi connectivity index (χ4n) is 2.44. The molecule has 0 aliphatic carbocycles. The zero-order valence-corrected chi connectivity index (χ0v) is 12.0. The molecule has 1 aromatic rings. The van der Waals surface area contributed by atoms with Crippen LogP contribution in [0.1, 0.15) is 35.9 Å². The molecule has 1 aromatic heterocycles. The van der Waals surface area contributed by atoms with Crippen molar-refractivity contribution in [1.29, 1.82) is 0 Å². The lowest BCUT2D eigenvalue weighted by Gasteiger charge is -2.15. The summed E-state index contributed by atoms with van der Waals surface area (Å²) in [6.45, 7) is 3.49. The molecule has 0 aromatic carbocycles. The van der Waals surface area contributed by atoms with Crippen molar-refractivity contribution < 1.29 is 9.59 Å². The summed E-state index contributed by atoms with van der Waals surface area (Å²) in [5.41, 5.74) is 7.31. The van der Waals surface area contributed by atoms with Crippen LogP contribution in [0.25, 0.3) is 0 Å². The highest BCUT2D eigenvalue weighted by Gasteiger charge is 2.22. The summed E-state index contributed by atoms with van der Waals surface area (Å²) in [5.74, 6) is -0.406. The molecule has 1 aliphatic heterocycles. The number of carbonyl (C=O) groups excluding carboxylic acids is 2. The summed E-state index contributed by atoms with van der Waals surface area (Å²) in [6.07, 6.45) is 2.74. The number of carbonyl (C=O) groups is 2. The minimum Gasteiger partial charge on any atom is -0.395 e. The number of likely N-dealkylation sites (tertiary alicyclic amines) is 1. The van der Waals surface area contributed by atoms with Crippen molar-refractivity contribution in [2.24, 2.45) is 7.05 Å². The van der Waals surface area contributed by atoms with Gasteiger partial charge in [-0.25, -0.2) is 0 Å². The Bertz CT molecular complexity index is 517. The Morgan fingerprint density at radius 2 is 2.00 bits per heavy atom. The number of anilines is 1. The van der Waals surface area contributed by atoms with Gasteiger partial charge in [-0.3, -0.25) is 14.3 Å². The fourth-order valence-corrected chi connectivity index (χ4v) is 2.44. The fraction of sp³-hybridized carbons (Fsp3) is 0.615. The maximum absolute atomic E-state index is 12.1. The van der Waals surface area contributed by atoms with Gasteiger partial charge in [0.25, 0.3) is 5.91 Å². The van der Waals surface area contributed by atoms with Crippen LogP contribution < -0.4 is 11.1 Å². The van der Waals surface area contributed by atoms with Gasteiger partial charge in [0, 0.05) is 20.1 Å². The van der Waals surface area contributed by atoms with Crippen LogP contribution in [0.5, 0.6) is 0 Å². The topological polar surface area (TPSA) is 93.2 Å². The summed E-state index contributed by atoms with van der Waals surface area (Å²) in [4.78, 5) is 25.8. The highest BCUT2D eigenvalue weighted by molar-refractivity contribution is 5.99. The molecule has 2 heterocycles. The Morgan fingerprint density at radius 1 is 1.35 bits per heavy atom. The van der Waals surface area contributed by atoms with E-state index in [4.69, 9.17) is 5.73 Å². The first-order valence-electron chi connectivity index (χ1n) is 6.92. The van der Waals surface area contributed by atoms with Crippen LogP contribution in [-0.2, 0) is 18.3 Å². The first-order chi connectivity index (χ1) is 9.54. The van der Waals surface area contributed by atoms with Crippen LogP contribution in [0, 0.1) is 0 Å². The van der Waals surface area contributed by atoms with Gasteiger partial charge in [-0.15, -0.1) is 0 Å². The molecule has 0 saturated carbocycles. The standard InChI is InChI=1S/C13H21N5O2/c1-3-9-11(14)12(17(2)16-9)13(20)15-8-10(19)18-6-4-5-7-18/h3-8,14H2,1-2H3,(H,15,20). The molecule has 0 radical (unpaired) electrons. The summed E-state index contributed by atoms with van der Waals surface area (Å²) in [7, 11) is 1.67. The van der Waals surface area contributed by atoms with E-state index in [-0.39, 0.29) is 18.4 Å². The lowest BCUT2D eigenvalue weighted by Crippen LogP contribution is -2.39. The van der Waals surface area contributed by atoms with Gasteiger partial charge in [0.2, 0.25) is 5.91 Å². The second-order valence-corrected chi connectivity index (χ2v) is 4.96. The van der Waals surface area contributed by atoms with E-state index in [1.165, 1.54) is 4.68 Å². The van der Waals surface area contributed by atoms with Crippen LogP contribution in [0.15, 0.2) is 0 Å². The lowest BCUT2D eigenvalue weighted by molar-refractivity contribution is -0.129. The van der Waals surface area contributed by atoms with Crippen molar-refractivity contribution in [1.82, 2.24) is 20.0 Å². The predicted molar refractivity (Wildman–Crippen MR) is 75.1 cm³/mol. The van der Waals surface area contributed by atoms with E-state index in [9.17, 15) is 9.59 Å². The Kier molecular flexibility index (Phi) is 4.26. The van der Waals surface area contributed by atoms with Gasteiger partial charge in [0.15, 0.2) is 0 Å². The Hall–Kier alpha value is -2.05. The van der Waals surface area contributed by atoms with E-state index in [1.807, 2.05) is 6.92 Å². The van der Waals surface area contributed by atoms with Crippen LogP contribution in [0.4, 0.5) is 5.69 Å². The molecule has 0 bridgehead atoms. The number of nitrogens with two attached hydrogens (primary N) is 1. The number of aryl methyl sites for hydroxylation is 2. The summed E-state index contributed by atoms with van der Waals surface area (Å²) in [5, 5.41) is 6.81. The second kappa shape index (κ2) is 5.94. The number of aromatic nitrogens is 2. The Labute approximate surface area is 118 Å². The molecule has 110 valence electrons. The molecule has 2 amide bonds. The van der Waals surface area contributed by atoms with Crippen molar-refractivity contribution in [3.8, 4) is 0 Å². The van der Waals surface area contributed by atoms with Gasteiger partial charge in [0.1, 0.15) is 5.69 Å². The van der Waals surface area contributed by atoms with E-state index in [1.54, 1.807) is 11.9 Å². The molecule has 20 heavy (non-hydrogen) atoms. The minimum absolute atomic E-state index is 0.00487. The van der Waals surface area contributed by atoms with E-state index >= 15 is 0 Å². The van der Waals surface area contributed by atoms with Crippen LogP contribution in [-0.4, -0.2) is 46.1 Å². The highest BCUT2D eigenvalue weighted by atomic mass is 16.2. The molecule has 3 N–H and O–H groups in total. The molecule has 0 spiro atoms. The van der Waals surface area contributed by atoms with Crippen LogP contribution in [0.3, 0.4) is 0 Å². The number of hydrogen-bond donors (Lipinski definition) is 2. The molecular weight excluding hydrogens is 258 g/mol. The third kappa shape index (κ3) is 2.76. The Balaban J connectivity index is 1.98. The molecular formula is C13H21N5O2. The second-order valence-electron chi connectivity index (χ2n) is 4.96. The average molecular weight is 279 g/mol. The Morgan fingerprint density at radius 3 is 2.55 bits per heavy atom. The third-order valence-electron chi connectivity index (χ3n) is 3.57. The van der Waals surface area contributed by atoms with Gasteiger partial charge >= 0.3 is 0 Å². The van der Waals surface area contributed by atoms with E-state index in [0.29, 0.717) is 23.5 Å². The normalized spacial score (nSPS) is 14.6. The molecule has 0 unspecified atom stereocenters. The highest BCUT2D eigenvalue weighted by Crippen LogP contribution is 2.16. The van der Waals surface area contributed by atoms with E-state index in [0.717, 1.165) is 25.9 Å². The summed E-state index contributed by atoms with van der Waals surface area (Å²) < 4.78 is 1.46. The van der Waals surface area contributed by atoms with Crippen LogP contribution >= 0.6 is 0 Å². The lowest BCUT2D eigenvalue weighted by atomic mass is 10.2. The average Bonchev–Trinajstić information content (AvgIpc) is 3.04. The smallest absolute Gasteiger partial charge is 0.272 e. The number of hydrogen-bond acceptors (Lipinski definition) is 4.